The zero-order valence-electron chi connectivity index (χ0n) is 26.6. The van der Waals surface area contributed by atoms with Gasteiger partial charge in [-0.1, -0.05) is 121 Å². The summed E-state index contributed by atoms with van der Waals surface area (Å²) in [5.74, 6) is 1.11. The van der Waals surface area contributed by atoms with Crippen LogP contribution in [0.2, 0.25) is 0 Å². The Kier molecular flexibility index (Phi) is 10.6. The molecule has 2 aliphatic heterocycles. The third-order valence-corrected chi connectivity index (χ3v) is 13.8. The number of nitrogens with zero attached hydrogens (tertiary/aromatic N) is 1. The van der Waals surface area contributed by atoms with Crippen molar-refractivity contribution in [1.29, 1.82) is 0 Å². The van der Waals surface area contributed by atoms with E-state index in [0.29, 0.717) is 11.8 Å². The summed E-state index contributed by atoms with van der Waals surface area (Å²) in [7, 11) is 4.99. The van der Waals surface area contributed by atoms with E-state index in [-0.39, 0.29) is 17.8 Å². The van der Waals surface area contributed by atoms with Crippen molar-refractivity contribution in [1.82, 2.24) is 5.32 Å². The van der Waals surface area contributed by atoms with Gasteiger partial charge in [-0.3, -0.25) is 0 Å². The van der Waals surface area contributed by atoms with Crippen molar-refractivity contribution in [2.45, 2.75) is 24.5 Å². The van der Waals surface area contributed by atoms with E-state index in [2.05, 4.69) is 133 Å². The van der Waals surface area contributed by atoms with E-state index in [9.17, 15) is 0 Å². The van der Waals surface area contributed by atoms with Gasteiger partial charge in [-0.05, 0) is 42.4 Å². The second-order valence-electron chi connectivity index (χ2n) is 11.0. The molecule has 0 aliphatic carbocycles. The fourth-order valence-electron chi connectivity index (χ4n) is 6.41. The fourth-order valence-corrected chi connectivity index (χ4v) is 12.0. The average Bonchev–Trinajstić information content (AvgIpc) is 3.13. The Morgan fingerprint density at radius 2 is 1.13 bits per heavy atom. The van der Waals surface area contributed by atoms with Crippen molar-refractivity contribution in [3.8, 4) is 0 Å². The Hall–Kier alpha value is -3.79. The Morgan fingerprint density at radius 1 is 0.630 bits per heavy atom. The predicted octanol–water partition coefficient (Wildman–Crippen LogP) is 5.98. The van der Waals surface area contributed by atoms with Gasteiger partial charge in [-0.25, -0.2) is 4.99 Å². The van der Waals surface area contributed by atoms with Crippen molar-refractivity contribution >= 4 is 43.0 Å². The third-order valence-electron chi connectivity index (χ3n) is 8.43. The third kappa shape index (κ3) is 6.68. The lowest BCUT2D eigenvalue weighted by Crippen LogP contribution is -2.48. The molecule has 0 radical (unpaired) electrons. The van der Waals surface area contributed by atoms with E-state index in [1.54, 1.807) is 28.4 Å². The Balaban J connectivity index is 1.66. The molecule has 6 rings (SSSR count). The molecule has 1 N–H and O–H groups in total. The number of nitrogens with one attached hydrogen (secondary N) is 1. The van der Waals surface area contributed by atoms with Crippen LogP contribution < -0.4 is 26.5 Å². The second kappa shape index (κ2) is 15.2. The van der Waals surface area contributed by atoms with Crippen molar-refractivity contribution in [3.63, 3.8) is 0 Å². The van der Waals surface area contributed by atoms with Crippen LogP contribution in [0.3, 0.4) is 0 Å². The molecule has 8 heteroatoms. The molecular formula is C38H40N2O4P2. The Labute approximate surface area is 274 Å². The summed E-state index contributed by atoms with van der Waals surface area (Å²) < 4.78 is 24.4. The molecule has 0 aromatic heterocycles. The highest BCUT2D eigenvalue weighted by Crippen LogP contribution is 2.55. The standard InChI is InChI=1S/C38H40N2O4P2/c1-41-33-25-31(45(27-17-9-5-10-18-27)28-19-11-6-12-20-28)35(37(39-33)43-3)36-32(26-34(42-2)40-38(36)44-4)46(29-21-13-7-14-22-29)30-23-15-8-16-24-30/h5-25,32,34,36-37,39H,26H2,1-4H3/t32-,34-,36-,37-/m0/s1. The van der Waals surface area contributed by atoms with Gasteiger partial charge in [-0.15, -0.1) is 0 Å². The molecule has 236 valence electrons. The molecule has 0 bridgehead atoms. The number of ether oxygens (including phenoxy) is 4. The van der Waals surface area contributed by atoms with Crippen LogP contribution in [0.1, 0.15) is 6.42 Å². The Morgan fingerprint density at radius 3 is 1.57 bits per heavy atom. The van der Waals surface area contributed by atoms with Gasteiger partial charge in [0, 0.05) is 37.9 Å². The van der Waals surface area contributed by atoms with Gasteiger partial charge >= 0.3 is 0 Å². The van der Waals surface area contributed by atoms with Gasteiger partial charge in [-0.2, -0.15) is 0 Å². The van der Waals surface area contributed by atoms with Crippen molar-refractivity contribution < 1.29 is 18.9 Å². The number of allylic oxidation sites excluding steroid dienone is 2. The number of aliphatic imine (C=N–C) groups is 1. The summed E-state index contributed by atoms with van der Waals surface area (Å²) in [5.41, 5.74) is 1.20. The van der Waals surface area contributed by atoms with Crippen LogP contribution in [-0.4, -0.2) is 52.5 Å². The lowest BCUT2D eigenvalue weighted by molar-refractivity contribution is 0.0707. The summed E-state index contributed by atoms with van der Waals surface area (Å²) in [6.07, 6.45) is 2.09. The van der Waals surface area contributed by atoms with Gasteiger partial charge in [0.1, 0.15) is 0 Å². The van der Waals surface area contributed by atoms with Crippen LogP contribution in [-0.2, 0) is 18.9 Å². The molecule has 0 saturated heterocycles. The van der Waals surface area contributed by atoms with Crippen molar-refractivity contribution in [2.24, 2.45) is 10.9 Å². The van der Waals surface area contributed by atoms with Gasteiger partial charge in [0.15, 0.2) is 24.2 Å². The molecule has 0 spiro atoms. The number of methoxy groups -OCH3 is 4. The molecule has 46 heavy (non-hydrogen) atoms. The minimum Gasteiger partial charge on any atom is -0.484 e. The van der Waals surface area contributed by atoms with Crippen LogP contribution >= 0.6 is 15.8 Å². The van der Waals surface area contributed by atoms with Gasteiger partial charge < -0.3 is 24.3 Å². The molecule has 6 nitrogen and oxygen atoms in total. The fraction of sp³-hybridized carbons (Fsp3) is 0.237. The topological polar surface area (TPSA) is 61.3 Å². The minimum absolute atomic E-state index is 0.0857. The molecule has 0 fully saturated rings. The van der Waals surface area contributed by atoms with E-state index in [4.69, 9.17) is 23.9 Å². The van der Waals surface area contributed by atoms with E-state index in [1.165, 1.54) is 26.5 Å². The first kappa shape index (κ1) is 32.2. The zero-order valence-corrected chi connectivity index (χ0v) is 28.4. The van der Waals surface area contributed by atoms with E-state index in [0.717, 1.165) is 12.0 Å². The molecule has 4 aromatic rings. The van der Waals surface area contributed by atoms with Crippen molar-refractivity contribution in [2.75, 3.05) is 28.4 Å². The summed E-state index contributed by atoms with van der Waals surface area (Å²) in [6, 6.07) is 43.2. The largest absolute Gasteiger partial charge is 0.484 e. The van der Waals surface area contributed by atoms with E-state index < -0.39 is 22.1 Å². The molecule has 0 unspecified atom stereocenters. The van der Waals surface area contributed by atoms with Crippen LogP contribution in [0.4, 0.5) is 0 Å². The van der Waals surface area contributed by atoms with Crippen LogP contribution in [0.15, 0.2) is 149 Å². The van der Waals surface area contributed by atoms with Gasteiger partial charge in [0.25, 0.3) is 0 Å². The first-order chi connectivity index (χ1) is 22.7. The van der Waals surface area contributed by atoms with Crippen LogP contribution in [0.5, 0.6) is 0 Å². The highest BCUT2D eigenvalue weighted by Gasteiger charge is 2.47. The summed E-state index contributed by atoms with van der Waals surface area (Å²) >= 11 is 0. The van der Waals surface area contributed by atoms with E-state index >= 15 is 0 Å². The molecular weight excluding hydrogens is 610 g/mol. The number of rotatable bonds is 10. The molecule has 2 aliphatic rings. The number of hydrogen-bond donors (Lipinski definition) is 1. The summed E-state index contributed by atoms with van der Waals surface area (Å²) in [5, 5.41) is 9.78. The van der Waals surface area contributed by atoms with Crippen LogP contribution in [0, 0.1) is 5.92 Å². The lowest BCUT2D eigenvalue weighted by Gasteiger charge is -2.44. The maximum absolute atomic E-state index is 6.31. The van der Waals surface area contributed by atoms with E-state index in [1.807, 2.05) is 0 Å². The quantitative estimate of drug-likeness (QED) is 0.214. The monoisotopic (exact) mass is 650 g/mol. The highest BCUT2D eigenvalue weighted by molar-refractivity contribution is 7.77. The average molecular weight is 651 g/mol. The molecule has 4 aromatic carbocycles. The normalized spacial score (nSPS) is 21.4. The predicted molar refractivity (Wildman–Crippen MR) is 191 cm³/mol. The van der Waals surface area contributed by atoms with Crippen molar-refractivity contribution in [3.05, 3.63) is 144 Å². The first-order valence-corrected chi connectivity index (χ1v) is 18.1. The number of dihydropyridines is 1. The smallest absolute Gasteiger partial charge is 0.193 e. The zero-order chi connectivity index (χ0) is 31.9. The van der Waals surface area contributed by atoms with Gasteiger partial charge in [0.05, 0.1) is 20.1 Å². The number of benzene rings is 4. The maximum atomic E-state index is 6.31. The molecule has 0 amide bonds. The maximum Gasteiger partial charge on any atom is 0.193 e. The summed E-state index contributed by atoms with van der Waals surface area (Å²) in [4.78, 5) is 5.06. The first-order valence-electron chi connectivity index (χ1n) is 15.4. The number of hydrogen-bond acceptors (Lipinski definition) is 6. The minimum atomic E-state index is -1.01. The molecule has 2 heterocycles. The highest BCUT2D eigenvalue weighted by atomic mass is 31.1. The Bertz CT molecular complexity index is 1590. The van der Waals surface area contributed by atoms with Crippen LogP contribution in [0.25, 0.3) is 0 Å². The second-order valence-corrected chi connectivity index (χ2v) is 15.6. The molecule has 4 atom stereocenters. The van der Waals surface area contributed by atoms with Gasteiger partial charge in [0.2, 0.25) is 0 Å². The summed E-state index contributed by atoms with van der Waals surface area (Å²) in [6.45, 7) is 0. The lowest BCUT2D eigenvalue weighted by atomic mass is 9.88. The molecule has 0 saturated carbocycles. The SMILES string of the molecule is COC1=CC(P(c2ccccc2)c2ccccc2)=C([C@H]2C(OC)=N[C@@H](OC)C[C@@H]2P(c2ccccc2)c2ccccc2)[C@H](OC)N1.